The fourth-order valence-electron chi connectivity index (χ4n) is 1.23. The summed E-state index contributed by atoms with van der Waals surface area (Å²) in [7, 11) is 0. The molecule has 0 N–H and O–H groups in total. The summed E-state index contributed by atoms with van der Waals surface area (Å²) in [5.74, 6) is -1.22. The van der Waals surface area contributed by atoms with Crippen LogP contribution in [0.5, 0.6) is 0 Å². The van der Waals surface area contributed by atoms with Crippen molar-refractivity contribution < 1.29 is 14.0 Å². The van der Waals surface area contributed by atoms with E-state index in [2.05, 4.69) is 0 Å². The van der Waals surface area contributed by atoms with E-state index < -0.39 is 17.4 Å². The Morgan fingerprint density at radius 1 is 1.20 bits per heavy atom. The summed E-state index contributed by atoms with van der Waals surface area (Å²) in [5, 5.41) is 0. The Balaban J connectivity index is 2.76. The monoisotopic (exact) mass is 208 g/mol. The molecule has 0 saturated carbocycles. The summed E-state index contributed by atoms with van der Waals surface area (Å²) in [5.41, 5.74) is 0.252. The minimum Gasteiger partial charge on any atom is -0.290 e. The summed E-state index contributed by atoms with van der Waals surface area (Å²) < 4.78 is 12.6. The summed E-state index contributed by atoms with van der Waals surface area (Å²) in [6.45, 7) is 3.74. The predicted octanol–water partition coefficient (Wildman–Crippen LogP) is 2.62. The smallest absolute Gasteiger partial charge is 0.228 e. The molecule has 0 heterocycles. The van der Waals surface area contributed by atoms with Gasteiger partial charge in [0.1, 0.15) is 5.82 Å². The van der Waals surface area contributed by atoms with Gasteiger partial charge in [0.25, 0.3) is 0 Å². The van der Waals surface area contributed by atoms with Crippen LogP contribution in [0.1, 0.15) is 30.6 Å². The quantitative estimate of drug-likeness (QED) is 0.563. The number of carbonyl (C=O) groups is 2. The zero-order chi connectivity index (χ0) is 11.4. The van der Waals surface area contributed by atoms with E-state index in [1.54, 1.807) is 0 Å². The van der Waals surface area contributed by atoms with Crippen molar-refractivity contribution in [2.24, 2.45) is 5.92 Å². The van der Waals surface area contributed by atoms with E-state index in [4.69, 9.17) is 0 Å². The standard InChI is InChI=1S/C12H13FO2/c1-8(2)7-11(14)12(15)9-3-5-10(13)6-4-9/h3-6,8H,7H2,1-2H3. The van der Waals surface area contributed by atoms with Gasteiger partial charge in [0.15, 0.2) is 0 Å². The minimum absolute atomic E-state index is 0.155. The van der Waals surface area contributed by atoms with Crippen LogP contribution in [0.15, 0.2) is 24.3 Å². The Morgan fingerprint density at radius 3 is 2.20 bits per heavy atom. The highest BCUT2D eigenvalue weighted by molar-refractivity contribution is 6.43. The second kappa shape index (κ2) is 4.82. The second-order valence-corrected chi connectivity index (χ2v) is 3.86. The summed E-state index contributed by atoms with van der Waals surface area (Å²) >= 11 is 0. The van der Waals surface area contributed by atoms with Crippen LogP contribution in [0, 0.1) is 11.7 Å². The normalized spacial score (nSPS) is 10.4. The summed E-state index contributed by atoms with van der Waals surface area (Å²) in [4.78, 5) is 22.9. The van der Waals surface area contributed by atoms with Crippen LogP contribution >= 0.6 is 0 Å². The lowest BCUT2D eigenvalue weighted by Crippen LogP contribution is -2.16. The highest BCUT2D eigenvalue weighted by atomic mass is 19.1. The first-order valence-corrected chi connectivity index (χ1v) is 4.84. The van der Waals surface area contributed by atoms with Crippen LogP contribution < -0.4 is 0 Å². The van der Waals surface area contributed by atoms with Gasteiger partial charge in [-0.25, -0.2) is 4.39 Å². The SMILES string of the molecule is CC(C)CC(=O)C(=O)c1ccc(F)cc1. The van der Waals surface area contributed by atoms with Gasteiger partial charge in [0.05, 0.1) is 0 Å². The molecule has 15 heavy (non-hydrogen) atoms. The average Bonchev–Trinajstić information content (AvgIpc) is 2.17. The van der Waals surface area contributed by atoms with Gasteiger partial charge >= 0.3 is 0 Å². The molecule has 80 valence electrons. The lowest BCUT2D eigenvalue weighted by atomic mass is 10.00. The lowest BCUT2D eigenvalue weighted by molar-refractivity contribution is -0.115. The van der Waals surface area contributed by atoms with Crippen molar-refractivity contribution in [3.8, 4) is 0 Å². The number of Topliss-reactive ketones (excluding diaryl/α,β-unsaturated/α-hetero) is 2. The first kappa shape index (κ1) is 11.6. The van der Waals surface area contributed by atoms with Gasteiger partial charge in [-0.05, 0) is 30.2 Å². The molecule has 0 spiro atoms. The van der Waals surface area contributed by atoms with Crippen molar-refractivity contribution in [3.63, 3.8) is 0 Å². The van der Waals surface area contributed by atoms with Gasteiger partial charge in [-0.1, -0.05) is 13.8 Å². The van der Waals surface area contributed by atoms with E-state index in [0.717, 1.165) is 0 Å². The number of halogens is 1. The van der Waals surface area contributed by atoms with Crippen molar-refractivity contribution in [2.45, 2.75) is 20.3 Å². The zero-order valence-electron chi connectivity index (χ0n) is 8.79. The fraction of sp³-hybridized carbons (Fsp3) is 0.333. The van der Waals surface area contributed by atoms with Gasteiger partial charge in [0, 0.05) is 12.0 Å². The maximum atomic E-state index is 12.6. The maximum absolute atomic E-state index is 12.6. The number of hydrogen-bond acceptors (Lipinski definition) is 2. The molecular formula is C12H13FO2. The van der Waals surface area contributed by atoms with Crippen LogP contribution in [0.25, 0.3) is 0 Å². The molecule has 1 aromatic rings. The molecule has 2 nitrogen and oxygen atoms in total. The Morgan fingerprint density at radius 2 is 1.73 bits per heavy atom. The van der Waals surface area contributed by atoms with Crippen molar-refractivity contribution in [2.75, 3.05) is 0 Å². The van der Waals surface area contributed by atoms with Gasteiger partial charge in [0.2, 0.25) is 11.6 Å². The molecule has 0 bridgehead atoms. The average molecular weight is 208 g/mol. The van der Waals surface area contributed by atoms with Crippen LogP contribution in [-0.2, 0) is 4.79 Å². The maximum Gasteiger partial charge on any atom is 0.228 e. The molecule has 1 rings (SSSR count). The number of ketones is 2. The molecule has 1 aromatic carbocycles. The molecule has 0 saturated heterocycles. The molecule has 0 atom stereocenters. The van der Waals surface area contributed by atoms with E-state index in [1.807, 2.05) is 13.8 Å². The Hall–Kier alpha value is -1.51. The zero-order valence-corrected chi connectivity index (χ0v) is 8.79. The second-order valence-electron chi connectivity index (χ2n) is 3.86. The van der Waals surface area contributed by atoms with Crippen LogP contribution in [0.4, 0.5) is 4.39 Å². The highest BCUT2D eigenvalue weighted by Crippen LogP contribution is 2.08. The third kappa shape index (κ3) is 3.27. The molecule has 0 fully saturated rings. The minimum atomic E-state index is -0.538. The first-order valence-electron chi connectivity index (χ1n) is 4.84. The fourth-order valence-corrected chi connectivity index (χ4v) is 1.23. The van der Waals surface area contributed by atoms with Gasteiger partial charge in [-0.3, -0.25) is 9.59 Å². The van der Waals surface area contributed by atoms with Crippen molar-refractivity contribution in [1.29, 1.82) is 0 Å². The largest absolute Gasteiger partial charge is 0.290 e. The Kier molecular flexibility index (Phi) is 3.72. The van der Waals surface area contributed by atoms with Gasteiger partial charge in [-0.15, -0.1) is 0 Å². The summed E-state index contributed by atoms with van der Waals surface area (Å²) in [6, 6.07) is 5.01. The molecule has 0 unspecified atom stereocenters. The molecule has 3 heteroatoms. The Bertz CT molecular complexity index is 366. The third-order valence-electron chi connectivity index (χ3n) is 1.95. The van der Waals surface area contributed by atoms with E-state index >= 15 is 0 Å². The highest BCUT2D eigenvalue weighted by Gasteiger charge is 2.16. The van der Waals surface area contributed by atoms with Crippen molar-refractivity contribution in [3.05, 3.63) is 35.6 Å². The van der Waals surface area contributed by atoms with E-state index in [-0.39, 0.29) is 17.9 Å². The predicted molar refractivity (Wildman–Crippen MR) is 55.2 cm³/mol. The Labute approximate surface area is 88.1 Å². The van der Waals surface area contributed by atoms with E-state index in [9.17, 15) is 14.0 Å². The topological polar surface area (TPSA) is 34.1 Å². The van der Waals surface area contributed by atoms with Crippen molar-refractivity contribution in [1.82, 2.24) is 0 Å². The van der Waals surface area contributed by atoms with Crippen LogP contribution in [0.2, 0.25) is 0 Å². The molecule has 0 aliphatic heterocycles. The lowest BCUT2D eigenvalue weighted by Gasteiger charge is -2.02. The van der Waals surface area contributed by atoms with Crippen LogP contribution in [-0.4, -0.2) is 11.6 Å². The molecule has 0 radical (unpaired) electrons. The third-order valence-corrected chi connectivity index (χ3v) is 1.95. The molecule has 0 aliphatic rings. The molecular weight excluding hydrogens is 195 g/mol. The van der Waals surface area contributed by atoms with Gasteiger partial charge < -0.3 is 0 Å². The van der Waals surface area contributed by atoms with Crippen LogP contribution in [0.3, 0.4) is 0 Å². The number of hydrogen-bond donors (Lipinski definition) is 0. The number of carbonyl (C=O) groups excluding carboxylic acids is 2. The first-order chi connectivity index (χ1) is 7.00. The number of benzene rings is 1. The molecule has 0 amide bonds. The molecule has 0 aliphatic carbocycles. The molecule has 0 aromatic heterocycles. The van der Waals surface area contributed by atoms with Crippen molar-refractivity contribution >= 4 is 11.6 Å². The summed E-state index contributed by atoms with van der Waals surface area (Å²) in [6.07, 6.45) is 0.232. The van der Waals surface area contributed by atoms with E-state index in [0.29, 0.717) is 0 Å². The van der Waals surface area contributed by atoms with E-state index in [1.165, 1.54) is 24.3 Å². The van der Waals surface area contributed by atoms with Gasteiger partial charge in [-0.2, -0.15) is 0 Å². The number of rotatable bonds is 4.